The zero-order valence-corrected chi connectivity index (χ0v) is 9.38. The first-order chi connectivity index (χ1) is 6.68. The maximum atomic E-state index is 4.62. The Morgan fingerprint density at radius 1 is 1.43 bits per heavy atom. The van der Waals surface area contributed by atoms with Crippen molar-refractivity contribution in [1.29, 1.82) is 0 Å². The van der Waals surface area contributed by atoms with Crippen molar-refractivity contribution in [2.45, 2.75) is 51.9 Å². The quantitative estimate of drug-likeness (QED) is 0.657. The molecule has 0 saturated heterocycles. The Labute approximate surface area is 86.6 Å². The number of fused-ring (bicyclic) bond motifs is 1. The van der Waals surface area contributed by atoms with Crippen molar-refractivity contribution in [2.75, 3.05) is 0 Å². The van der Waals surface area contributed by atoms with E-state index in [2.05, 4.69) is 38.0 Å². The highest BCUT2D eigenvalue weighted by molar-refractivity contribution is 5.30. The lowest BCUT2D eigenvalue weighted by Crippen LogP contribution is -2.10. The van der Waals surface area contributed by atoms with Gasteiger partial charge in [-0.05, 0) is 42.2 Å². The van der Waals surface area contributed by atoms with Crippen LogP contribution in [-0.2, 0) is 6.42 Å². The second kappa shape index (κ2) is 3.72. The molecule has 0 saturated carbocycles. The van der Waals surface area contributed by atoms with Gasteiger partial charge in [0, 0.05) is 11.9 Å². The summed E-state index contributed by atoms with van der Waals surface area (Å²) in [5.41, 5.74) is 4.23. The Morgan fingerprint density at radius 2 is 2.21 bits per heavy atom. The highest BCUT2D eigenvalue weighted by Crippen LogP contribution is 2.30. The van der Waals surface area contributed by atoms with Crippen LogP contribution in [0, 0.1) is 0 Å². The van der Waals surface area contributed by atoms with Crippen molar-refractivity contribution in [1.82, 2.24) is 4.98 Å². The molecule has 0 bridgehead atoms. The summed E-state index contributed by atoms with van der Waals surface area (Å²) >= 11 is 0. The van der Waals surface area contributed by atoms with Crippen molar-refractivity contribution in [3.8, 4) is 0 Å². The minimum absolute atomic E-state index is 0.602. The molecule has 1 aliphatic carbocycles. The fraction of sp³-hybridized carbons (Fsp3) is 0.615. The smallest absolute Gasteiger partial charge is 0.0463 e. The standard InChI is InChI=1S/C13H19N/c1-9(2)12-7-11-6-4-5-10(3)13(11)14-8-12/h7-10H,4-6H2,1-3H3. The highest BCUT2D eigenvalue weighted by Gasteiger charge is 2.18. The van der Waals surface area contributed by atoms with Gasteiger partial charge in [0.15, 0.2) is 0 Å². The average Bonchev–Trinajstić information content (AvgIpc) is 2.17. The Morgan fingerprint density at radius 3 is 2.93 bits per heavy atom. The van der Waals surface area contributed by atoms with Crippen molar-refractivity contribution in [3.05, 3.63) is 29.1 Å². The molecule has 1 nitrogen and oxygen atoms in total. The van der Waals surface area contributed by atoms with E-state index in [1.54, 1.807) is 0 Å². The van der Waals surface area contributed by atoms with Crippen LogP contribution in [0.5, 0.6) is 0 Å². The number of aryl methyl sites for hydroxylation is 1. The molecule has 1 aromatic rings. The van der Waals surface area contributed by atoms with Gasteiger partial charge < -0.3 is 0 Å². The molecule has 14 heavy (non-hydrogen) atoms. The molecule has 0 N–H and O–H groups in total. The largest absolute Gasteiger partial charge is 0.260 e. The molecule has 1 unspecified atom stereocenters. The summed E-state index contributed by atoms with van der Waals surface area (Å²) < 4.78 is 0. The monoisotopic (exact) mass is 189 g/mol. The normalized spacial score (nSPS) is 21.0. The molecule has 1 atom stereocenters. The van der Waals surface area contributed by atoms with Gasteiger partial charge in [0.2, 0.25) is 0 Å². The third-order valence-electron chi connectivity index (χ3n) is 3.24. The highest BCUT2D eigenvalue weighted by atomic mass is 14.7. The van der Waals surface area contributed by atoms with Crippen LogP contribution in [0.3, 0.4) is 0 Å². The summed E-state index contributed by atoms with van der Waals surface area (Å²) in [6.07, 6.45) is 5.93. The van der Waals surface area contributed by atoms with Gasteiger partial charge in [-0.2, -0.15) is 0 Å². The van der Waals surface area contributed by atoms with Crippen molar-refractivity contribution in [2.24, 2.45) is 0 Å². The van der Waals surface area contributed by atoms with Crippen LogP contribution in [0.1, 0.15) is 62.3 Å². The maximum Gasteiger partial charge on any atom is 0.0463 e. The van der Waals surface area contributed by atoms with Gasteiger partial charge in [-0.3, -0.25) is 4.98 Å². The van der Waals surface area contributed by atoms with E-state index in [9.17, 15) is 0 Å². The van der Waals surface area contributed by atoms with Crippen LogP contribution in [0.25, 0.3) is 0 Å². The number of rotatable bonds is 1. The summed E-state index contributed by atoms with van der Waals surface area (Å²) in [6, 6.07) is 2.36. The summed E-state index contributed by atoms with van der Waals surface area (Å²) in [7, 11) is 0. The van der Waals surface area contributed by atoms with E-state index in [4.69, 9.17) is 0 Å². The second-order valence-corrected chi connectivity index (χ2v) is 4.76. The van der Waals surface area contributed by atoms with E-state index in [0.717, 1.165) is 0 Å². The molecule has 1 aliphatic rings. The zero-order chi connectivity index (χ0) is 10.1. The predicted octanol–water partition coefficient (Wildman–Crippen LogP) is 3.64. The molecule has 2 rings (SSSR count). The van der Waals surface area contributed by atoms with Crippen LogP contribution in [-0.4, -0.2) is 4.98 Å². The first-order valence-corrected chi connectivity index (χ1v) is 5.67. The predicted molar refractivity (Wildman–Crippen MR) is 59.7 cm³/mol. The molecule has 1 heteroatoms. The number of hydrogen-bond donors (Lipinski definition) is 0. The maximum absolute atomic E-state index is 4.62. The zero-order valence-electron chi connectivity index (χ0n) is 9.38. The number of nitrogens with zero attached hydrogens (tertiary/aromatic N) is 1. The van der Waals surface area contributed by atoms with Gasteiger partial charge in [0.1, 0.15) is 0 Å². The summed E-state index contributed by atoms with van der Waals surface area (Å²) in [5, 5.41) is 0. The molecular weight excluding hydrogens is 170 g/mol. The second-order valence-electron chi connectivity index (χ2n) is 4.76. The lowest BCUT2D eigenvalue weighted by atomic mass is 9.86. The lowest BCUT2D eigenvalue weighted by molar-refractivity contribution is 0.571. The molecule has 0 aromatic carbocycles. The van der Waals surface area contributed by atoms with Crippen LogP contribution in [0.4, 0.5) is 0 Å². The third kappa shape index (κ3) is 1.68. The first-order valence-electron chi connectivity index (χ1n) is 5.67. The molecule has 0 radical (unpaired) electrons. The number of pyridine rings is 1. The van der Waals surface area contributed by atoms with Gasteiger partial charge in [0.25, 0.3) is 0 Å². The number of aromatic nitrogens is 1. The van der Waals surface area contributed by atoms with E-state index < -0.39 is 0 Å². The van der Waals surface area contributed by atoms with Gasteiger partial charge in [-0.1, -0.05) is 26.8 Å². The van der Waals surface area contributed by atoms with Crippen LogP contribution in [0.2, 0.25) is 0 Å². The minimum atomic E-state index is 0.602. The van der Waals surface area contributed by atoms with E-state index >= 15 is 0 Å². The van der Waals surface area contributed by atoms with Crippen LogP contribution >= 0.6 is 0 Å². The molecule has 0 aliphatic heterocycles. The molecule has 0 amide bonds. The Kier molecular flexibility index (Phi) is 2.58. The fourth-order valence-corrected chi connectivity index (χ4v) is 2.23. The lowest BCUT2D eigenvalue weighted by Gasteiger charge is -2.22. The topological polar surface area (TPSA) is 12.9 Å². The SMILES string of the molecule is CC(C)c1cnc2c(c1)CCCC2C. The molecule has 1 heterocycles. The molecule has 0 spiro atoms. The van der Waals surface area contributed by atoms with Crippen LogP contribution < -0.4 is 0 Å². The van der Waals surface area contributed by atoms with Crippen molar-refractivity contribution >= 4 is 0 Å². The molecule has 76 valence electrons. The van der Waals surface area contributed by atoms with E-state index in [1.165, 1.54) is 36.1 Å². The van der Waals surface area contributed by atoms with Gasteiger partial charge >= 0.3 is 0 Å². The van der Waals surface area contributed by atoms with Gasteiger partial charge in [-0.25, -0.2) is 0 Å². The van der Waals surface area contributed by atoms with Crippen LogP contribution in [0.15, 0.2) is 12.3 Å². The molecule has 1 aromatic heterocycles. The van der Waals surface area contributed by atoms with Crippen molar-refractivity contribution in [3.63, 3.8) is 0 Å². The average molecular weight is 189 g/mol. The van der Waals surface area contributed by atoms with E-state index in [-0.39, 0.29) is 0 Å². The molecular formula is C13H19N. The van der Waals surface area contributed by atoms with Crippen molar-refractivity contribution < 1.29 is 0 Å². The number of hydrogen-bond acceptors (Lipinski definition) is 1. The first kappa shape index (κ1) is 9.70. The third-order valence-corrected chi connectivity index (χ3v) is 3.24. The van der Waals surface area contributed by atoms with E-state index in [1.807, 2.05) is 0 Å². The van der Waals surface area contributed by atoms with Gasteiger partial charge in [0.05, 0.1) is 0 Å². The van der Waals surface area contributed by atoms with Gasteiger partial charge in [-0.15, -0.1) is 0 Å². The van der Waals surface area contributed by atoms with E-state index in [0.29, 0.717) is 11.8 Å². The summed E-state index contributed by atoms with van der Waals surface area (Å²) in [4.78, 5) is 4.62. The Bertz CT molecular complexity index is 328. The Balaban J connectivity index is 2.39. The summed E-state index contributed by atoms with van der Waals surface area (Å²) in [6.45, 7) is 6.76. The molecule has 0 fully saturated rings. The summed E-state index contributed by atoms with van der Waals surface area (Å²) in [5.74, 6) is 1.27. The minimum Gasteiger partial charge on any atom is -0.260 e. The fourth-order valence-electron chi connectivity index (χ4n) is 2.23. The Hall–Kier alpha value is -0.850.